The molecule has 0 heterocycles. The molecule has 3 aromatic carbocycles. The van der Waals surface area contributed by atoms with E-state index in [9.17, 15) is 4.79 Å². The predicted molar refractivity (Wildman–Crippen MR) is 207 cm³/mol. The van der Waals surface area contributed by atoms with Crippen LogP contribution in [0.3, 0.4) is 0 Å². The Morgan fingerprint density at radius 2 is 0.836 bits per heavy atom. The number of alkyl carbamates (subject to hydrolysis) is 1. The number of nitrogen functional groups attached to an aromatic ring is 1. The maximum atomic E-state index is 12.2. The maximum Gasteiger partial charge on any atom is 0.407 e. The molecule has 4 rings (SSSR count). The molecule has 0 aliphatic heterocycles. The van der Waals surface area contributed by atoms with E-state index in [1.165, 1.54) is 22.3 Å². The molecule has 0 radical (unpaired) electrons. The van der Waals surface area contributed by atoms with Crippen LogP contribution in [-0.4, -0.2) is 145 Å². The van der Waals surface area contributed by atoms with Gasteiger partial charge < -0.3 is 63.2 Å². The molecule has 3 aromatic rings. The molecular formula is C41H58N2O12. The molecule has 14 nitrogen and oxygen atoms in total. The summed E-state index contributed by atoms with van der Waals surface area (Å²) in [4.78, 5) is 12.2. The van der Waals surface area contributed by atoms with Crippen molar-refractivity contribution in [3.8, 4) is 16.9 Å². The van der Waals surface area contributed by atoms with E-state index in [0.29, 0.717) is 138 Å². The van der Waals surface area contributed by atoms with Crippen LogP contribution >= 0.6 is 0 Å². The van der Waals surface area contributed by atoms with Crippen molar-refractivity contribution in [2.24, 2.45) is 0 Å². The Balaban J connectivity index is 0.791. The van der Waals surface area contributed by atoms with Gasteiger partial charge in [0, 0.05) is 18.2 Å². The van der Waals surface area contributed by atoms with Crippen LogP contribution in [0.15, 0.2) is 72.8 Å². The summed E-state index contributed by atoms with van der Waals surface area (Å²) in [6.45, 7) is 9.65. The predicted octanol–water partition coefficient (Wildman–Crippen LogP) is 4.34. The van der Waals surface area contributed by atoms with E-state index >= 15 is 0 Å². The topological polar surface area (TPSA) is 157 Å². The van der Waals surface area contributed by atoms with Gasteiger partial charge in [-0.05, 0) is 46.5 Å². The summed E-state index contributed by atoms with van der Waals surface area (Å²) in [5.41, 5.74) is 11.1. The quantitative estimate of drug-likeness (QED) is 0.0667. The number of hydrogen-bond acceptors (Lipinski definition) is 13. The number of ether oxygens (including phenoxy) is 11. The van der Waals surface area contributed by atoms with Gasteiger partial charge in [0.25, 0.3) is 0 Å². The molecule has 55 heavy (non-hydrogen) atoms. The van der Waals surface area contributed by atoms with Crippen LogP contribution in [0.5, 0.6) is 5.75 Å². The van der Waals surface area contributed by atoms with Crippen molar-refractivity contribution in [2.75, 3.05) is 144 Å². The lowest BCUT2D eigenvalue weighted by atomic mass is 9.98. The molecule has 0 saturated carbocycles. The van der Waals surface area contributed by atoms with Crippen LogP contribution in [0.4, 0.5) is 10.5 Å². The first kappa shape index (κ1) is 43.9. The number of rotatable bonds is 33. The minimum absolute atomic E-state index is 0.0357. The van der Waals surface area contributed by atoms with Crippen LogP contribution in [0.1, 0.15) is 17.0 Å². The van der Waals surface area contributed by atoms with Gasteiger partial charge in [-0.15, -0.1) is 0 Å². The Morgan fingerprint density at radius 1 is 0.473 bits per heavy atom. The summed E-state index contributed by atoms with van der Waals surface area (Å²) in [5, 5.41) is 2.74. The number of amides is 1. The first-order valence-electron chi connectivity index (χ1n) is 19.0. The Bertz CT molecular complexity index is 1380. The van der Waals surface area contributed by atoms with Gasteiger partial charge >= 0.3 is 6.09 Å². The first-order chi connectivity index (χ1) is 27.2. The van der Waals surface area contributed by atoms with Gasteiger partial charge in [-0.3, -0.25) is 0 Å². The summed E-state index contributed by atoms with van der Waals surface area (Å²) in [7, 11) is 0. The molecule has 1 amide bonds. The SMILES string of the molecule is Nc1ccc(OCCOCCOCCOCCOCCOCCOCCOCCOCCOCCNC(=O)OCC2c3ccccc3-c3ccccc32)cc1. The lowest BCUT2D eigenvalue weighted by Crippen LogP contribution is -2.29. The zero-order chi connectivity index (χ0) is 38.4. The van der Waals surface area contributed by atoms with Crippen molar-refractivity contribution in [2.45, 2.75) is 5.92 Å². The molecule has 0 aromatic heterocycles. The molecular weight excluding hydrogens is 712 g/mol. The molecule has 1 aliphatic rings. The number of fused-ring (bicyclic) bond motifs is 3. The molecule has 0 atom stereocenters. The largest absolute Gasteiger partial charge is 0.491 e. The number of benzene rings is 3. The van der Waals surface area contributed by atoms with E-state index in [-0.39, 0.29) is 12.5 Å². The average molecular weight is 771 g/mol. The lowest BCUT2D eigenvalue weighted by Gasteiger charge is -2.14. The molecule has 0 saturated heterocycles. The summed E-state index contributed by atoms with van der Waals surface area (Å²) in [6.07, 6.45) is -0.453. The fourth-order valence-corrected chi connectivity index (χ4v) is 5.52. The maximum absolute atomic E-state index is 12.2. The standard InChI is InChI=1S/C41H58N2O12/c42-34-9-11-35(12-10-34)54-32-31-53-30-29-52-28-27-51-26-25-50-24-23-49-22-21-48-20-19-47-18-17-46-16-15-45-14-13-43-41(44)55-33-40-38-7-3-1-5-36(38)37-6-2-4-8-39(37)40/h1-12,40H,13-33,42H2,(H,43,44). The smallest absolute Gasteiger partial charge is 0.407 e. The molecule has 3 N–H and O–H groups in total. The van der Waals surface area contributed by atoms with Crippen LogP contribution in [0.2, 0.25) is 0 Å². The highest BCUT2D eigenvalue weighted by Crippen LogP contribution is 2.44. The second-order valence-electron chi connectivity index (χ2n) is 12.2. The van der Waals surface area contributed by atoms with Crippen molar-refractivity contribution in [1.29, 1.82) is 0 Å². The van der Waals surface area contributed by atoms with Crippen LogP contribution < -0.4 is 15.8 Å². The molecule has 304 valence electrons. The third-order valence-corrected chi connectivity index (χ3v) is 8.21. The third kappa shape index (κ3) is 18.6. The zero-order valence-corrected chi connectivity index (χ0v) is 31.8. The Hall–Kier alpha value is -3.83. The summed E-state index contributed by atoms with van der Waals surface area (Å²) < 4.78 is 60.6. The van der Waals surface area contributed by atoms with Gasteiger partial charge in [0.05, 0.1) is 119 Å². The van der Waals surface area contributed by atoms with Gasteiger partial charge in [0.15, 0.2) is 0 Å². The van der Waals surface area contributed by atoms with Gasteiger partial charge in [0.1, 0.15) is 19.0 Å². The highest BCUT2D eigenvalue weighted by Gasteiger charge is 2.28. The normalized spacial score (nSPS) is 12.1. The second-order valence-corrected chi connectivity index (χ2v) is 12.2. The fourth-order valence-electron chi connectivity index (χ4n) is 5.52. The zero-order valence-electron chi connectivity index (χ0n) is 31.8. The first-order valence-corrected chi connectivity index (χ1v) is 19.0. The Kier molecular flexibility index (Phi) is 22.8. The summed E-state index contributed by atoms with van der Waals surface area (Å²) in [6, 6.07) is 23.8. The van der Waals surface area contributed by atoms with Crippen molar-refractivity contribution in [3.63, 3.8) is 0 Å². The third-order valence-electron chi connectivity index (χ3n) is 8.21. The van der Waals surface area contributed by atoms with Gasteiger partial charge in [-0.2, -0.15) is 0 Å². The van der Waals surface area contributed by atoms with Crippen LogP contribution in [-0.2, 0) is 47.4 Å². The minimum Gasteiger partial charge on any atom is -0.491 e. The summed E-state index contributed by atoms with van der Waals surface area (Å²) >= 11 is 0. The molecule has 14 heteroatoms. The Labute approximate surface area is 324 Å². The number of carbonyl (C=O) groups is 1. The van der Waals surface area contributed by atoms with Crippen LogP contribution in [0.25, 0.3) is 11.1 Å². The molecule has 0 fully saturated rings. The van der Waals surface area contributed by atoms with E-state index in [1.54, 1.807) is 12.1 Å². The number of hydrogen-bond donors (Lipinski definition) is 2. The van der Waals surface area contributed by atoms with E-state index in [4.69, 9.17) is 57.8 Å². The highest BCUT2D eigenvalue weighted by molar-refractivity contribution is 5.79. The van der Waals surface area contributed by atoms with E-state index in [0.717, 1.165) is 5.75 Å². The molecule has 0 bridgehead atoms. The summed E-state index contributed by atoms with van der Waals surface area (Å²) in [5.74, 6) is 0.803. The lowest BCUT2D eigenvalue weighted by molar-refractivity contribution is -0.0253. The van der Waals surface area contributed by atoms with Crippen molar-refractivity contribution in [3.05, 3.63) is 83.9 Å². The Morgan fingerprint density at radius 3 is 1.25 bits per heavy atom. The molecule has 0 spiro atoms. The minimum atomic E-state index is -0.453. The number of carbonyl (C=O) groups excluding carboxylic acids is 1. The van der Waals surface area contributed by atoms with Crippen molar-refractivity contribution < 1.29 is 56.9 Å². The second kappa shape index (κ2) is 28.6. The average Bonchev–Trinajstić information content (AvgIpc) is 3.53. The van der Waals surface area contributed by atoms with Gasteiger partial charge in [0.2, 0.25) is 0 Å². The number of anilines is 1. The van der Waals surface area contributed by atoms with E-state index < -0.39 is 6.09 Å². The van der Waals surface area contributed by atoms with Gasteiger partial charge in [-0.25, -0.2) is 4.79 Å². The van der Waals surface area contributed by atoms with Crippen molar-refractivity contribution in [1.82, 2.24) is 5.32 Å². The monoisotopic (exact) mass is 770 g/mol. The van der Waals surface area contributed by atoms with E-state index in [1.807, 2.05) is 36.4 Å². The molecule has 1 aliphatic carbocycles. The molecule has 0 unspecified atom stereocenters. The van der Waals surface area contributed by atoms with Crippen molar-refractivity contribution >= 4 is 11.8 Å². The number of nitrogens with two attached hydrogens (primary N) is 1. The van der Waals surface area contributed by atoms with Crippen LogP contribution in [0, 0.1) is 0 Å². The fraction of sp³-hybridized carbons (Fsp3) is 0.537. The number of nitrogens with one attached hydrogen (secondary N) is 1. The van der Waals surface area contributed by atoms with Gasteiger partial charge in [-0.1, -0.05) is 48.5 Å². The highest BCUT2D eigenvalue weighted by atomic mass is 16.6. The van der Waals surface area contributed by atoms with E-state index in [2.05, 4.69) is 29.6 Å².